The zero-order valence-corrected chi connectivity index (χ0v) is 23.2. The Kier molecular flexibility index (Phi) is 13.4. The number of benzene rings is 1. The van der Waals surface area contributed by atoms with Crippen LogP contribution < -0.4 is 10.6 Å². The van der Waals surface area contributed by atoms with Gasteiger partial charge in [0.05, 0.1) is 13.0 Å². The van der Waals surface area contributed by atoms with Crippen molar-refractivity contribution in [1.29, 1.82) is 0 Å². The van der Waals surface area contributed by atoms with Crippen LogP contribution in [0.5, 0.6) is 0 Å². The van der Waals surface area contributed by atoms with Crippen LogP contribution in [0.3, 0.4) is 0 Å². The summed E-state index contributed by atoms with van der Waals surface area (Å²) in [5.41, 5.74) is 0.978. The lowest BCUT2D eigenvalue weighted by Crippen LogP contribution is -2.54. The third-order valence-electron chi connectivity index (χ3n) is 5.12. The van der Waals surface area contributed by atoms with E-state index >= 15 is 0 Å². The van der Waals surface area contributed by atoms with E-state index in [2.05, 4.69) is 23.3 Å². The quantitative estimate of drug-likeness (QED) is 0.270. The molecule has 0 spiro atoms. The number of hydrogen-bond donors (Lipinski definition) is 3. The maximum absolute atomic E-state index is 13.6. The fourth-order valence-corrected chi connectivity index (χ4v) is 3.72. The Hall–Kier alpha value is -2.75. The van der Waals surface area contributed by atoms with E-state index in [4.69, 9.17) is 9.47 Å². The summed E-state index contributed by atoms with van der Waals surface area (Å²) in [5, 5.41) is 5.33. The van der Waals surface area contributed by atoms with Gasteiger partial charge in [0.15, 0.2) is 0 Å². The van der Waals surface area contributed by atoms with Gasteiger partial charge in [-0.3, -0.25) is 14.4 Å². The smallest absolute Gasteiger partial charge is 0.408 e. The van der Waals surface area contributed by atoms with Crippen LogP contribution in [0.25, 0.3) is 0 Å². The SMILES string of the molecule is CCCN(C(=O)C(CS)NC(=O)OC(C)(C)C)C(C(=O)NCCC(=O)OCC)c1ccc(CC)cc1. The molecular formula is C26H41N3O6S. The molecule has 0 aliphatic carbocycles. The van der Waals surface area contributed by atoms with Gasteiger partial charge >= 0.3 is 12.1 Å². The van der Waals surface area contributed by atoms with Crippen LogP contribution in [0.2, 0.25) is 0 Å². The molecule has 202 valence electrons. The number of amides is 3. The predicted molar refractivity (Wildman–Crippen MR) is 142 cm³/mol. The minimum Gasteiger partial charge on any atom is -0.466 e. The number of nitrogens with one attached hydrogen (secondary N) is 2. The summed E-state index contributed by atoms with van der Waals surface area (Å²) >= 11 is 4.27. The van der Waals surface area contributed by atoms with Crippen LogP contribution >= 0.6 is 12.6 Å². The molecule has 3 amide bonds. The van der Waals surface area contributed by atoms with Crippen LogP contribution in [0.4, 0.5) is 4.79 Å². The first kappa shape index (κ1) is 31.3. The van der Waals surface area contributed by atoms with Crippen molar-refractivity contribution in [3.63, 3.8) is 0 Å². The fourth-order valence-electron chi connectivity index (χ4n) is 3.47. The van der Waals surface area contributed by atoms with E-state index in [1.54, 1.807) is 27.7 Å². The second-order valence-corrected chi connectivity index (χ2v) is 9.62. The molecule has 2 unspecified atom stereocenters. The second-order valence-electron chi connectivity index (χ2n) is 9.26. The molecule has 1 rings (SSSR count). The highest BCUT2D eigenvalue weighted by Gasteiger charge is 2.35. The summed E-state index contributed by atoms with van der Waals surface area (Å²) in [6, 6.07) is 5.51. The average Bonchev–Trinajstić information content (AvgIpc) is 2.81. The molecule has 9 nitrogen and oxygen atoms in total. The molecule has 0 aliphatic heterocycles. The Bertz CT molecular complexity index is 869. The van der Waals surface area contributed by atoms with E-state index < -0.39 is 41.6 Å². The highest BCUT2D eigenvalue weighted by molar-refractivity contribution is 7.80. The number of thiol groups is 1. The number of hydrogen-bond acceptors (Lipinski definition) is 7. The van der Waals surface area contributed by atoms with Gasteiger partial charge < -0.3 is 25.0 Å². The summed E-state index contributed by atoms with van der Waals surface area (Å²) in [5.74, 6) is -1.28. The zero-order chi connectivity index (χ0) is 27.3. The van der Waals surface area contributed by atoms with Gasteiger partial charge in [0.1, 0.15) is 17.7 Å². The normalized spacial score (nSPS) is 12.8. The van der Waals surface area contributed by atoms with Crippen molar-refractivity contribution < 1.29 is 28.7 Å². The Morgan fingerprint density at radius 3 is 2.19 bits per heavy atom. The molecule has 1 aromatic carbocycles. The maximum Gasteiger partial charge on any atom is 0.408 e. The van der Waals surface area contributed by atoms with Crippen molar-refractivity contribution in [2.24, 2.45) is 0 Å². The first-order valence-corrected chi connectivity index (χ1v) is 13.0. The Morgan fingerprint density at radius 1 is 1.06 bits per heavy atom. The Balaban J connectivity index is 3.25. The van der Waals surface area contributed by atoms with Gasteiger partial charge in [-0.1, -0.05) is 38.1 Å². The topological polar surface area (TPSA) is 114 Å². The van der Waals surface area contributed by atoms with Crippen molar-refractivity contribution in [1.82, 2.24) is 15.5 Å². The largest absolute Gasteiger partial charge is 0.466 e. The van der Waals surface area contributed by atoms with Gasteiger partial charge in [-0.25, -0.2) is 4.79 Å². The number of esters is 1. The molecule has 10 heteroatoms. The standard InChI is InChI=1S/C26H41N3O6S/c1-7-16-29(24(32)20(17-36)28-25(33)35-26(4,5)6)22(19-12-10-18(8-2)11-13-19)23(31)27-15-14-21(30)34-9-3/h10-13,20,22,36H,7-9,14-17H2,1-6H3,(H,27,31)(H,28,33). The van der Waals surface area contributed by atoms with Crippen LogP contribution in [0.1, 0.15) is 71.6 Å². The fraction of sp³-hybridized carbons (Fsp3) is 0.615. The summed E-state index contributed by atoms with van der Waals surface area (Å²) in [6.45, 7) is 11.4. The van der Waals surface area contributed by atoms with E-state index in [-0.39, 0.29) is 31.9 Å². The second kappa shape index (κ2) is 15.4. The number of carbonyl (C=O) groups is 4. The van der Waals surface area contributed by atoms with Crippen LogP contribution in [0, 0.1) is 0 Å². The predicted octanol–water partition coefficient (Wildman–Crippen LogP) is 3.42. The van der Waals surface area contributed by atoms with E-state index in [0.29, 0.717) is 12.0 Å². The molecule has 0 heterocycles. The molecule has 0 radical (unpaired) electrons. The van der Waals surface area contributed by atoms with Crippen LogP contribution in [-0.2, 0) is 30.3 Å². The summed E-state index contributed by atoms with van der Waals surface area (Å²) in [7, 11) is 0. The molecule has 0 aliphatic rings. The molecule has 0 fully saturated rings. The first-order chi connectivity index (χ1) is 17.0. The Labute approximate surface area is 220 Å². The number of aryl methyl sites for hydroxylation is 1. The number of nitrogens with zero attached hydrogens (tertiary/aromatic N) is 1. The van der Waals surface area contributed by atoms with Gasteiger partial charge in [-0.05, 0) is 51.7 Å². The highest BCUT2D eigenvalue weighted by Crippen LogP contribution is 2.24. The molecule has 0 saturated heterocycles. The minimum absolute atomic E-state index is 0.0161. The zero-order valence-electron chi connectivity index (χ0n) is 22.3. The highest BCUT2D eigenvalue weighted by atomic mass is 32.1. The monoisotopic (exact) mass is 523 g/mol. The third-order valence-corrected chi connectivity index (χ3v) is 5.48. The summed E-state index contributed by atoms with van der Waals surface area (Å²) < 4.78 is 10.2. The number of rotatable bonds is 13. The lowest BCUT2D eigenvalue weighted by Gasteiger charge is -2.34. The van der Waals surface area contributed by atoms with Gasteiger partial charge in [-0.2, -0.15) is 12.6 Å². The van der Waals surface area contributed by atoms with Gasteiger partial charge in [0.2, 0.25) is 11.8 Å². The summed E-state index contributed by atoms with van der Waals surface area (Å²) in [4.78, 5) is 52.5. The van der Waals surface area contributed by atoms with E-state index in [1.807, 2.05) is 38.1 Å². The van der Waals surface area contributed by atoms with Crippen molar-refractivity contribution >= 4 is 36.5 Å². The van der Waals surface area contributed by atoms with Crippen LogP contribution in [0.15, 0.2) is 24.3 Å². The number of ether oxygens (including phenoxy) is 2. The average molecular weight is 524 g/mol. The third kappa shape index (κ3) is 10.5. The van der Waals surface area contributed by atoms with Gasteiger partial charge in [-0.15, -0.1) is 0 Å². The Morgan fingerprint density at radius 2 is 1.69 bits per heavy atom. The lowest BCUT2D eigenvalue weighted by molar-refractivity contribution is -0.144. The van der Waals surface area contributed by atoms with Crippen LogP contribution in [-0.4, -0.2) is 65.9 Å². The van der Waals surface area contributed by atoms with Crippen molar-refractivity contribution in [2.75, 3.05) is 25.4 Å². The van der Waals surface area contributed by atoms with Crippen molar-refractivity contribution in [2.45, 2.75) is 78.5 Å². The van der Waals surface area contributed by atoms with E-state index in [9.17, 15) is 19.2 Å². The molecule has 1 aromatic rings. The minimum atomic E-state index is -1.00. The number of carbonyl (C=O) groups excluding carboxylic acids is 4. The molecule has 0 aromatic heterocycles. The first-order valence-electron chi connectivity index (χ1n) is 12.4. The molecule has 2 N–H and O–H groups in total. The van der Waals surface area contributed by atoms with E-state index in [0.717, 1.165) is 12.0 Å². The maximum atomic E-state index is 13.6. The van der Waals surface area contributed by atoms with Crippen molar-refractivity contribution in [3.8, 4) is 0 Å². The molecule has 2 atom stereocenters. The van der Waals surface area contributed by atoms with Gasteiger partial charge in [0.25, 0.3) is 0 Å². The molecule has 36 heavy (non-hydrogen) atoms. The van der Waals surface area contributed by atoms with Gasteiger partial charge in [0, 0.05) is 18.8 Å². The summed E-state index contributed by atoms with van der Waals surface area (Å²) in [6.07, 6.45) is 0.684. The van der Waals surface area contributed by atoms with E-state index in [1.165, 1.54) is 4.90 Å². The molecule has 0 saturated carbocycles. The molecular weight excluding hydrogens is 482 g/mol. The number of alkyl carbamates (subject to hydrolysis) is 1. The van der Waals surface area contributed by atoms with Crippen molar-refractivity contribution in [3.05, 3.63) is 35.4 Å². The molecule has 0 bridgehead atoms. The lowest BCUT2D eigenvalue weighted by atomic mass is 10.0.